The van der Waals surface area contributed by atoms with Crippen molar-refractivity contribution < 1.29 is 0 Å². The molecule has 2 rings (SSSR count). The van der Waals surface area contributed by atoms with E-state index >= 15 is 0 Å². The average molecular weight is 237 g/mol. The summed E-state index contributed by atoms with van der Waals surface area (Å²) < 4.78 is 2.05. The molecule has 1 aromatic rings. The van der Waals surface area contributed by atoms with Gasteiger partial charge in [-0.05, 0) is 42.7 Å². The lowest BCUT2D eigenvalue weighted by Gasteiger charge is -2.29. The lowest BCUT2D eigenvalue weighted by atomic mass is 9.86. The molecule has 0 spiro atoms. The van der Waals surface area contributed by atoms with Gasteiger partial charge in [-0.2, -0.15) is 0 Å². The van der Waals surface area contributed by atoms with Gasteiger partial charge in [0.15, 0.2) is 5.82 Å². The quantitative estimate of drug-likeness (QED) is 0.871. The van der Waals surface area contributed by atoms with Crippen LogP contribution in [0.5, 0.6) is 0 Å². The van der Waals surface area contributed by atoms with Gasteiger partial charge in [-0.1, -0.05) is 26.7 Å². The molecule has 1 heterocycles. The first-order valence-electron chi connectivity index (χ1n) is 6.75. The highest BCUT2D eigenvalue weighted by atomic mass is 15.6. The molecular weight excluding hydrogens is 214 g/mol. The van der Waals surface area contributed by atoms with Gasteiger partial charge in [0, 0.05) is 0 Å². The van der Waals surface area contributed by atoms with Crippen molar-refractivity contribution in [2.75, 3.05) is 6.54 Å². The summed E-state index contributed by atoms with van der Waals surface area (Å²) in [6.45, 7) is 7.48. The van der Waals surface area contributed by atoms with Crippen molar-refractivity contribution in [3.63, 3.8) is 0 Å². The molecule has 0 aromatic carbocycles. The number of rotatable bonds is 4. The van der Waals surface area contributed by atoms with Crippen LogP contribution in [-0.2, 0) is 0 Å². The molecular formula is C12H23N5. The Bertz CT molecular complexity index is 348. The molecule has 96 valence electrons. The van der Waals surface area contributed by atoms with E-state index in [2.05, 4.69) is 46.3 Å². The van der Waals surface area contributed by atoms with Gasteiger partial charge >= 0.3 is 0 Å². The van der Waals surface area contributed by atoms with E-state index < -0.39 is 0 Å². The largest absolute Gasteiger partial charge is 0.308 e. The first-order valence-corrected chi connectivity index (χ1v) is 6.75. The standard InChI is InChI=1S/C12H23N5/c1-4-13-10(3)12-14-15-16-17(12)11-8-6-5-7-9(11)2/h9-11,13H,4-8H2,1-3H3. The SMILES string of the molecule is CCNC(C)c1nnnn1C1CCCCC1C. The van der Waals surface area contributed by atoms with E-state index in [1.165, 1.54) is 25.7 Å². The molecule has 1 aromatic heterocycles. The first kappa shape index (κ1) is 12.5. The minimum absolute atomic E-state index is 0.226. The molecule has 1 aliphatic rings. The molecule has 5 heteroatoms. The first-order chi connectivity index (χ1) is 8.24. The summed E-state index contributed by atoms with van der Waals surface area (Å²) in [6.07, 6.45) is 5.14. The second-order valence-corrected chi connectivity index (χ2v) is 5.09. The molecule has 3 atom stereocenters. The van der Waals surface area contributed by atoms with Crippen molar-refractivity contribution in [2.24, 2.45) is 5.92 Å². The van der Waals surface area contributed by atoms with E-state index in [-0.39, 0.29) is 6.04 Å². The maximum atomic E-state index is 4.21. The summed E-state index contributed by atoms with van der Waals surface area (Å²) >= 11 is 0. The van der Waals surface area contributed by atoms with Crippen LogP contribution in [0.1, 0.15) is 64.4 Å². The number of nitrogens with one attached hydrogen (secondary N) is 1. The zero-order chi connectivity index (χ0) is 12.3. The van der Waals surface area contributed by atoms with Gasteiger partial charge in [0.2, 0.25) is 0 Å². The Morgan fingerprint density at radius 1 is 1.41 bits per heavy atom. The van der Waals surface area contributed by atoms with Gasteiger partial charge in [-0.15, -0.1) is 5.10 Å². The van der Waals surface area contributed by atoms with Crippen molar-refractivity contribution in [3.05, 3.63) is 5.82 Å². The number of aromatic nitrogens is 4. The molecule has 0 radical (unpaired) electrons. The molecule has 5 nitrogen and oxygen atoms in total. The van der Waals surface area contributed by atoms with Crippen LogP contribution in [0.3, 0.4) is 0 Å². The molecule has 0 bridgehead atoms. The third kappa shape index (κ3) is 2.65. The van der Waals surface area contributed by atoms with Crippen LogP contribution >= 0.6 is 0 Å². The maximum absolute atomic E-state index is 4.21. The zero-order valence-electron chi connectivity index (χ0n) is 11.1. The molecule has 1 fully saturated rings. The van der Waals surface area contributed by atoms with Gasteiger partial charge in [0.25, 0.3) is 0 Å². The van der Waals surface area contributed by atoms with Crippen LogP contribution in [0.2, 0.25) is 0 Å². The Morgan fingerprint density at radius 2 is 2.18 bits per heavy atom. The summed E-state index contributed by atoms with van der Waals surface area (Å²) in [5.74, 6) is 1.66. The monoisotopic (exact) mass is 237 g/mol. The highest BCUT2D eigenvalue weighted by molar-refractivity contribution is 4.93. The molecule has 0 aliphatic heterocycles. The van der Waals surface area contributed by atoms with Crippen LogP contribution in [-0.4, -0.2) is 26.8 Å². The number of hydrogen-bond acceptors (Lipinski definition) is 4. The van der Waals surface area contributed by atoms with E-state index in [1.54, 1.807) is 0 Å². The van der Waals surface area contributed by atoms with Gasteiger partial charge in [-0.25, -0.2) is 4.68 Å². The number of tetrazole rings is 1. The van der Waals surface area contributed by atoms with E-state index in [0.717, 1.165) is 12.4 Å². The predicted octanol–water partition coefficient (Wildman–Crippen LogP) is 2.09. The lowest BCUT2D eigenvalue weighted by Crippen LogP contribution is -2.28. The highest BCUT2D eigenvalue weighted by Crippen LogP contribution is 2.33. The van der Waals surface area contributed by atoms with E-state index in [9.17, 15) is 0 Å². The third-order valence-corrected chi connectivity index (χ3v) is 3.80. The van der Waals surface area contributed by atoms with Crippen LogP contribution in [0.25, 0.3) is 0 Å². The zero-order valence-corrected chi connectivity index (χ0v) is 11.1. The Kier molecular flexibility index (Phi) is 4.10. The van der Waals surface area contributed by atoms with Crippen molar-refractivity contribution >= 4 is 0 Å². The van der Waals surface area contributed by atoms with Gasteiger partial charge in [-0.3, -0.25) is 0 Å². The molecule has 1 saturated carbocycles. The Morgan fingerprint density at radius 3 is 2.88 bits per heavy atom. The summed E-state index contributed by atoms with van der Waals surface area (Å²) in [4.78, 5) is 0. The molecule has 1 aliphatic carbocycles. The van der Waals surface area contributed by atoms with E-state index in [4.69, 9.17) is 0 Å². The van der Waals surface area contributed by atoms with Crippen molar-refractivity contribution in [1.82, 2.24) is 25.5 Å². The topological polar surface area (TPSA) is 55.6 Å². The second-order valence-electron chi connectivity index (χ2n) is 5.09. The van der Waals surface area contributed by atoms with E-state index in [0.29, 0.717) is 12.0 Å². The van der Waals surface area contributed by atoms with Gasteiger partial charge < -0.3 is 5.32 Å². The minimum Gasteiger partial charge on any atom is -0.308 e. The molecule has 17 heavy (non-hydrogen) atoms. The van der Waals surface area contributed by atoms with Crippen LogP contribution in [0.15, 0.2) is 0 Å². The van der Waals surface area contributed by atoms with Crippen molar-refractivity contribution in [3.8, 4) is 0 Å². The fourth-order valence-corrected chi connectivity index (χ4v) is 2.78. The Balaban J connectivity index is 2.17. The van der Waals surface area contributed by atoms with Crippen LogP contribution < -0.4 is 5.32 Å². The number of nitrogens with zero attached hydrogens (tertiary/aromatic N) is 4. The Labute approximate surface area is 103 Å². The Hall–Kier alpha value is -0.970. The van der Waals surface area contributed by atoms with E-state index in [1.807, 2.05) is 0 Å². The summed E-state index contributed by atoms with van der Waals surface area (Å²) in [5.41, 5.74) is 0. The summed E-state index contributed by atoms with van der Waals surface area (Å²) in [7, 11) is 0. The third-order valence-electron chi connectivity index (χ3n) is 3.80. The average Bonchev–Trinajstić information content (AvgIpc) is 2.79. The van der Waals surface area contributed by atoms with Crippen molar-refractivity contribution in [1.29, 1.82) is 0 Å². The van der Waals surface area contributed by atoms with Gasteiger partial charge in [0.05, 0.1) is 12.1 Å². The summed E-state index contributed by atoms with van der Waals surface area (Å²) in [6, 6.07) is 0.707. The summed E-state index contributed by atoms with van der Waals surface area (Å²) in [5, 5.41) is 15.6. The number of hydrogen-bond donors (Lipinski definition) is 1. The fourth-order valence-electron chi connectivity index (χ4n) is 2.78. The predicted molar refractivity (Wildman–Crippen MR) is 66.6 cm³/mol. The fraction of sp³-hybridized carbons (Fsp3) is 0.917. The molecule has 1 N–H and O–H groups in total. The van der Waals surface area contributed by atoms with Crippen molar-refractivity contribution in [2.45, 2.75) is 58.5 Å². The maximum Gasteiger partial charge on any atom is 0.168 e. The lowest BCUT2D eigenvalue weighted by molar-refractivity contribution is 0.228. The van der Waals surface area contributed by atoms with Gasteiger partial charge in [0.1, 0.15) is 0 Å². The second kappa shape index (κ2) is 5.58. The van der Waals surface area contributed by atoms with Crippen LogP contribution in [0, 0.1) is 5.92 Å². The van der Waals surface area contributed by atoms with Crippen LogP contribution in [0.4, 0.5) is 0 Å². The molecule has 0 amide bonds. The molecule has 3 unspecified atom stereocenters. The molecule has 0 saturated heterocycles. The minimum atomic E-state index is 0.226. The highest BCUT2D eigenvalue weighted by Gasteiger charge is 2.27. The smallest absolute Gasteiger partial charge is 0.168 e. The normalized spacial score (nSPS) is 27.0.